The van der Waals surface area contributed by atoms with E-state index in [1.165, 1.54) is 0 Å². The largest absolute Gasteiger partial charge is 0.481 e. The summed E-state index contributed by atoms with van der Waals surface area (Å²) in [5.74, 6) is -1.04. The Hall–Kier alpha value is -2.88. The van der Waals surface area contributed by atoms with Crippen molar-refractivity contribution in [1.29, 1.82) is 0 Å². The highest BCUT2D eigenvalue weighted by atomic mass is 16.5. The molecule has 0 atom stereocenters. The Balaban J connectivity index is 0.000000662. The number of aliphatic carboxylic acids is 2. The van der Waals surface area contributed by atoms with E-state index in [2.05, 4.69) is 9.88 Å². The van der Waals surface area contributed by atoms with Crippen LogP contribution in [-0.2, 0) is 14.4 Å². The summed E-state index contributed by atoms with van der Waals surface area (Å²) in [6.45, 7) is 5.29. The number of nitrogens with zero attached hydrogens (tertiary/aromatic N) is 3. The first-order chi connectivity index (χ1) is 12.2. The third-order valence-electron chi connectivity index (χ3n) is 3.10. The van der Waals surface area contributed by atoms with E-state index in [1.807, 2.05) is 12.1 Å². The molecule has 0 aromatic carbocycles. The summed E-state index contributed by atoms with van der Waals surface area (Å²) >= 11 is 0. The number of rotatable bonds is 3. The molecule has 10 nitrogen and oxygen atoms in total. The third-order valence-corrected chi connectivity index (χ3v) is 3.10. The molecule has 0 spiro atoms. The number of piperazine rings is 1. The van der Waals surface area contributed by atoms with Gasteiger partial charge in [0.1, 0.15) is 0 Å². The maximum atomic E-state index is 11.4. The molecular formula is C16H26N4O6. The lowest BCUT2D eigenvalue weighted by Crippen LogP contribution is -2.50. The molecule has 2 rings (SSSR count). The number of pyridine rings is 1. The minimum Gasteiger partial charge on any atom is -0.481 e. The molecule has 0 aliphatic carbocycles. The number of anilines is 1. The highest BCUT2D eigenvalue weighted by molar-refractivity contribution is 5.78. The van der Waals surface area contributed by atoms with Crippen LogP contribution in [0.15, 0.2) is 18.3 Å². The molecule has 0 bridgehead atoms. The first kappa shape index (κ1) is 23.1. The molecule has 1 amide bonds. The van der Waals surface area contributed by atoms with E-state index in [1.54, 1.807) is 18.2 Å². The fourth-order valence-corrected chi connectivity index (χ4v) is 2.02. The summed E-state index contributed by atoms with van der Waals surface area (Å²) in [6.07, 6.45) is 1.79. The number of hydrogen-bond donors (Lipinski definition) is 3. The molecule has 10 heteroatoms. The molecule has 2 heterocycles. The molecule has 1 aromatic heterocycles. The van der Waals surface area contributed by atoms with E-state index < -0.39 is 11.9 Å². The lowest BCUT2D eigenvalue weighted by Gasteiger charge is -2.35. The fraction of sp³-hybridized carbons (Fsp3) is 0.500. The Morgan fingerprint density at radius 1 is 1.12 bits per heavy atom. The van der Waals surface area contributed by atoms with E-state index in [4.69, 9.17) is 30.3 Å². The zero-order valence-electron chi connectivity index (χ0n) is 15.2. The molecular weight excluding hydrogens is 344 g/mol. The summed E-state index contributed by atoms with van der Waals surface area (Å²) in [5, 5.41) is 14.8. The van der Waals surface area contributed by atoms with Crippen LogP contribution in [0.2, 0.25) is 0 Å². The Morgan fingerprint density at radius 2 is 1.62 bits per heavy atom. The molecule has 1 aliphatic rings. The third kappa shape index (κ3) is 10.1. The number of carboxylic acids is 2. The van der Waals surface area contributed by atoms with Gasteiger partial charge in [0.05, 0.1) is 25.5 Å². The molecule has 1 aliphatic heterocycles. The zero-order valence-corrected chi connectivity index (χ0v) is 15.2. The number of nitrogens with two attached hydrogens (primary N) is 1. The van der Waals surface area contributed by atoms with Gasteiger partial charge < -0.3 is 30.5 Å². The van der Waals surface area contributed by atoms with Crippen LogP contribution in [0.5, 0.6) is 5.88 Å². The van der Waals surface area contributed by atoms with Crippen molar-refractivity contribution in [1.82, 2.24) is 9.88 Å². The van der Waals surface area contributed by atoms with Gasteiger partial charge in [-0.2, -0.15) is 0 Å². The Labute approximate surface area is 152 Å². The van der Waals surface area contributed by atoms with Crippen LogP contribution in [0.1, 0.15) is 13.8 Å². The van der Waals surface area contributed by atoms with E-state index in [9.17, 15) is 4.79 Å². The maximum Gasteiger partial charge on any atom is 0.300 e. The van der Waals surface area contributed by atoms with Crippen LogP contribution in [0.4, 0.5) is 5.69 Å². The van der Waals surface area contributed by atoms with Gasteiger partial charge in [0, 0.05) is 46.1 Å². The van der Waals surface area contributed by atoms with Crippen LogP contribution >= 0.6 is 0 Å². The number of carbonyl (C=O) groups excluding carboxylic acids is 1. The predicted molar refractivity (Wildman–Crippen MR) is 95.3 cm³/mol. The quantitative estimate of drug-likeness (QED) is 0.662. The van der Waals surface area contributed by atoms with Crippen molar-refractivity contribution in [3.8, 4) is 5.88 Å². The van der Waals surface area contributed by atoms with Gasteiger partial charge in [0.25, 0.3) is 11.9 Å². The Bertz CT molecular complexity index is 551. The van der Waals surface area contributed by atoms with Crippen LogP contribution in [0, 0.1) is 0 Å². The Morgan fingerprint density at radius 3 is 1.96 bits per heavy atom. The fourth-order valence-electron chi connectivity index (χ4n) is 2.02. The lowest BCUT2D eigenvalue weighted by atomic mass is 10.2. The molecule has 146 valence electrons. The second kappa shape index (κ2) is 12.5. The molecule has 0 radical (unpaired) electrons. The molecule has 1 saturated heterocycles. The summed E-state index contributed by atoms with van der Waals surface area (Å²) in [6, 6.07) is 3.82. The summed E-state index contributed by atoms with van der Waals surface area (Å²) < 4.78 is 5.02. The predicted octanol–water partition coefficient (Wildman–Crippen LogP) is -0.121. The molecule has 4 N–H and O–H groups in total. The average molecular weight is 370 g/mol. The highest BCUT2D eigenvalue weighted by Gasteiger charge is 2.20. The topological polar surface area (TPSA) is 146 Å². The molecule has 1 fully saturated rings. The van der Waals surface area contributed by atoms with Gasteiger partial charge in [-0.15, -0.1) is 0 Å². The van der Waals surface area contributed by atoms with Crippen LogP contribution in [0.25, 0.3) is 0 Å². The van der Waals surface area contributed by atoms with Crippen molar-refractivity contribution in [2.75, 3.05) is 44.7 Å². The number of hydrogen-bond acceptors (Lipinski definition) is 7. The first-order valence-corrected chi connectivity index (χ1v) is 7.83. The van der Waals surface area contributed by atoms with Gasteiger partial charge in [0.15, 0.2) is 0 Å². The second-order valence-corrected chi connectivity index (χ2v) is 5.17. The highest BCUT2D eigenvalue weighted by Crippen LogP contribution is 2.17. The van der Waals surface area contributed by atoms with Gasteiger partial charge in [-0.05, 0) is 6.07 Å². The van der Waals surface area contributed by atoms with Crippen molar-refractivity contribution in [2.45, 2.75) is 13.8 Å². The van der Waals surface area contributed by atoms with Gasteiger partial charge in [-0.1, -0.05) is 0 Å². The maximum absolute atomic E-state index is 11.4. The SMILES string of the molecule is CC(=O)O.CC(=O)O.COc1ccc(N2CCN(C(=O)CN)CC2)cn1. The van der Waals surface area contributed by atoms with Crippen LogP contribution < -0.4 is 15.4 Å². The number of carboxylic acid groups (broad SMARTS) is 2. The number of amides is 1. The normalized spacial score (nSPS) is 12.8. The van der Waals surface area contributed by atoms with Crippen molar-refractivity contribution in [3.63, 3.8) is 0 Å². The minimum absolute atomic E-state index is 0.0162. The van der Waals surface area contributed by atoms with Gasteiger partial charge >= 0.3 is 0 Å². The number of methoxy groups -OCH3 is 1. The lowest BCUT2D eigenvalue weighted by molar-refractivity contribution is -0.135. The number of aromatic nitrogens is 1. The zero-order chi connectivity index (χ0) is 20.1. The van der Waals surface area contributed by atoms with Crippen LogP contribution in [-0.4, -0.2) is 77.8 Å². The first-order valence-electron chi connectivity index (χ1n) is 7.83. The van der Waals surface area contributed by atoms with Crippen molar-refractivity contribution in [2.24, 2.45) is 5.73 Å². The van der Waals surface area contributed by atoms with Gasteiger partial charge in [0.2, 0.25) is 11.8 Å². The summed E-state index contributed by atoms with van der Waals surface area (Å²) in [7, 11) is 1.60. The Kier molecular flexibility index (Phi) is 11.1. The molecule has 26 heavy (non-hydrogen) atoms. The molecule has 1 aromatic rings. The van der Waals surface area contributed by atoms with E-state index in [0.29, 0.717) is 19.0 Å². The van der Waals surface area contributed by atoms with Crippen molar-refractivity contribution >= 4 is 23.5 Å². The number of carbonyl (C=O) groups is 3. The van der Waals surface area contributed by atoms with Gasteiger partial charge in [-0.3, -0.25) is 14.4 Å². The van der Waals surface area contributed by atoms with Gasteiger partial charge in [-0.25, -0.2) is 4.98 Å². The second-order valence-electron chi connectivity index (χ2n) is 5.17. The van der Waals surface area contributed by atoms with E-state index in [-0.39, 0.29) is 12.5 Å². The molecule has 0 unspecified atom stereocenters. The summed E-state index contributed by atoms with van der Waals surface area (Å²) in [5.41, 5.74) is 6.40. The smallest absolute Gasteiger partial charge is 0.300 e. The minimum atomic E-state index is -0.833. The number of ether oxygens (including phenoxy) is 1. The van der Waals surface area contributed by atoms with Crippen molar-refractivity contribution in [3.05, 3.63) is 18.3 Å². The van der Waals surface area contributed by atoms with Crippen LogP contribution in [0.3, 0.4) is 0 Å². The van der Waals surface area contributed by atoms with E-state index in [0.717, 1.165) is 32.6 Å². The standard InChI is InChI=1S/C12H18N4O2.2C2H4O2/c1-18-11-3-2-10(9-14-11)15-4-6-16(7-5-15)12(17)8-13;2*1-2(3)4/h2-3,9H,4-8,13H2,1H3;2*1H3,(H,3,4). The molecule has 0 saturated carbocycles. The van der Waals surface area contributed by atoms with Crippen molar-refractivity contribution < 1.29 is 29.3 Å². The van der Waals surface area contributed by atoms with E-state index >= 15 is 0 Å². The summed E-state index contributed by atoms with van der Waals surface area (Å²) in [4.78, 5) is 37.6. The monoisotopic (exact) mass is 370 g/mol. The average Bonchev–Trinajstić information content (AvgIpc) is 2.60.